The van der Waals surface area contributed by atoms with Gasteiger partial charge in [0, 0.05) is 12.1 Å². The van der Waals surface area contributed by atoms with Crippen LogP contribution in [0.3, 0.4) is 0 Å². The van der Waals surface area contributed by atoms with E-state index in [-0.39, 0.29) is 5.56 Å². The van der Waals surface area contributed by atoms with Crippen LogP contribution < -0.4 is 5.56 Å². The van der Waals surface area contributed by atoms with E-state index in [9.17, 15) is 4.79 Å². The van der Waals surface area contributed by atoms with Crippen molar-refractivity contribution in [3.63, 3.8) is 0 Å². The molecule has 126 valence electrons. The number of thiophene rings is 1. The monoisotopic (exact) mass is 369 g/mol. The van der Waals surface area contributed by atoms with E-state index in [4.69, 9.17) is 4.42 Å². The molecule has 7 heteroatoms. The van der Waals surface area contributed by atoms with Crippen LogP contribution in [0.15, 0.2) is 62.3 Å². The number of benzene rings is 1. The summed E-state index contributed by atoms with van der Waals surface area (Å²) >= 11 is 2.90. The van der Waals surface area contributed by atoms with Gasteiger partial charge < -0.3 is 4.42 Å². The predicted molar refractivity (Wildman–Crippen MR) is 101 cm³/mol. The van der Waals surface area contributed by atoms with Crippen LogP contribution >= 0.6 is 23.1 Å². The molecule has 0 aliphatic heterocycles. The molecule has 25 heavy (non-hydrogen) atoms. The number of thioether (sulfide) groups is 1. The normalized spacial score (nSPS) is 11.2. The molecule has 0 saturated carbocycles. The predicted octanol–water partition coefficient (Wildman–Crippen LogP) is 4.43. The van der Waals surface area contributed by atoms with Crippen LogP contribution in [0.1, 0.15) is 12.8 Å². The Labute approximate surface area is 152 Å². The second kappa shape index (κ2) is 6.85. The van der Waals surface area contributed by atoms with Gasteiger partial charge in [0.15, 0.2) is 10.9 Å². The molecule has 0 atom stereocenters. The molecule has 0 aliphatic carbocycles. The second-order valence-electron chi connectivity index (χ2n) is 5.35. The van der Waals surface area contributed by atoms with Gasteiger partial charge in [-0.05, 0) is 18.4 Å². The zero-order valence-electron chi connectivity index (χ0n) is 13.5. The number of nitrogens with zero attached hydrogens (tertiary/aromatic N) is 3. The maximum atomic E-state index is 12.5. The molecule has 4 aromatic rings. The summed E-state index contributed by atoms with van der Waals surface area (Å²) in [7, 11) is 0. The van der Waals surface area contributed by atoms with E-state index in [1.807, 2.05) is 48.7 Å². The van der Waals surface area contributed by atoms with E-state index in [1.54, 1.807) is 10.8 Å². The SMILES string of the molecule is CCn1c(SCc2ncc(-c3ccccc3)o2)nc2ccsc2c1=O. The Morgan fingerprint density at radius 3 is 2.88 bits per heavy atom. The second-order valence-corrected chi connectivity index (χ2v) is 7.21. The van der Waals surface area contributed by atoms with Crippen molar-refractivity contribution in [3.8, 4) is 11.3 Å². The van der Waals surface area contributed by atoms with Crippen LogP contribution in [-0.2, 0) is 12.3 Å². The maximum Gasteiger partial charge on any atom is 0.272 e. The summed E-state index contributed by atoms with van der Waals surface area (Å²) in [5, 5.41) is 2.59. The van der Waals surface area contributed by atoms with E-state index in [1.165, 1.54) is 23.1 Å². The van der Waals surface area contributed by atoms with Crippen LogP contribution in [-0.4, -0.2) is 14.5 Å². The van der Waals surface area contributed by atoms with Gasteiger partial charge in [-0.1, -0.05) is 42.1 Å². The van der Waals surface area contributed by atoms with Crippen LogP contribution in [0, 0.1) is 0 Å². The van der Waals surface area contributed by atoms with E-state index < -0.39 is 0 Å². The lowest BCUT2D eigenvalue weighted by molar-refractivity contribution is 0.529. The minimum Gasteiger partial charge on any atom is -0.440 e. The lowest BCUT2D eigenvalue weighted by Gasteiger charge is -2.08. The third-order valence-corrected chi connectivity index (χ3v) is 5.64. The smallest absolute Gasteiger partial charge is 0.272 e. The van der Waals surface area contributed by atoms with Crippen molar-refractivity contribution in [1.29, 1.82) is 0 Å². The van der Waals surface area contributed by atoms with Crippen molar-refractivity contribution in [2.24, 2.45) is 0 Å². The Bertz CT molecular complexity index is 1070. The number of aromatic nitrogens is 3. The summed E-state index contributed by atoms with van der Waals surface area (Å²) in [6.07, 6.45) is 1.73. The number of oxazole rings is 1. The molecule has 0 bridgehead atoms. The van der Waals surface area contributed by atoms with Gasteiger partial charge in [-0.15, -0.1) is 11.3 Å². The Morgan fingerprint density at radius 2 is 2.08 bits per heavy atom. The lowest BCUT2D eigenvalue weighted by atomic mass is 10.2. The number of hydrogen-bond donors (Lipinski definition) is 0. The first kappa shape index (κ1) is 16.1. The molecular formula is C18H15N3O2S2. The molecule has 0 radical (unpaired) electrons. The minimum absolute atomic E-state index is 0.0161. The van der Waals surface area contributed by atoms with Gasteiger partial charge in [-0.3, -0.25) is 9.36 Å². The van der Waals surface area contributed by atoms with Gasteiger partial charge in [0.1, 0.15) is 4.70 Å². The lowest BCUT2D eigenvalue weighted by Crippen LogP contribution is -2.21. The number of fused-ring (bicyclic) bond motifs is 1. The largest absolute Gasteiger partial charge is 0.440 e. The highest BCUT2D eigenvalue weighted by Gasteiger charge is 2.13. The maximum absolute atomic E-state index is 12.5. The fourth-order valence-electron chi connectivity index (χ4n) is 2.55. The van der Waals surface area contributed by atoms with Crippen molar-refractivity contribution < 1.29 is 4.42 Å². The highest BCUT2D eigenvalue weighted by Crippen LogP contribution is 2.26. The molecule has 0 unspecified atom stereocenters. The quantitative estimate of drug-likeness (QED) is 0.385. The standard InChI is InChI=1S/C18H15N3O2S2/c1-2-21-17(22)16-13(8-9-24-16)20-18(21)25-11-15-19-10-14(23-15)12-6-4-3-5-7-12/h3-10H,2,11H2,1H3. The third kappa shape index (κ3) is 3.12. The molecule has 5 nitrogen and oxygen atoms in total. The molecule has 3 aromatic heterocycles. The average molecular weight is 369 g/mol. The van der Waals surface area contributed by atoms with Gasteiger partial charge in [0.2, 0.25) is 5.89 Å². The fourth-order valence-corrected chi connectivity index (χ4v) is 4.25. The minimum atomic E-state index is 0.0161. The van der Waals surface area contributed by atoms with Crippen LogP contribution in [0.25, 0.3) is 21.5 Å². The van der Waals surface area contributed by atoms with Gasteiger partial charge >= 0.3 is 0 Å². The summed E-state index contributed by atoms with van der Waals surface area (Å²) in [6, 6.07) is 11.7. The topological polar surface area (TPSA) is 60.9 Å². The highest BCUT2D eigenvalue weighted by atomic mass is 32.2. The zero-order chi connectivity index (χ0) is 17.2. The van der Waals surface area contributed by atoms with Crippen molar-refractivity contribution in [1.82, 2.24) is 14.5 Å². The summed E-state index contributed by atoms with van der Waals surface area (Å²) < 4.78 is 8.22. The Hall–Kier alpha value is -2.38. The van der Waals surface area contributed by atoms with E-state index in [2.05, 4.69) is 9.97 Å². The molecule has 3 heterocycles. The molecule has 4 rings (SSSR count). The first-order chi connectivity index (χ1) is 12.3. The van der Waals surface area contributed by atoms with Crippen LogP contribution in [0.2, 0.25) is 0 Å². The van der Waals surface area contributed by atoms with Crippen molar-refractivity contribution in [2.45, 2.75) is 24.4 Å². The average Bonchev–Trinajstić information content (AvgIpc) is 3.30. The molecule has 1 aromatic carbocycles. The van der Waals surface area contributed by atoms with E-state index in [0.29, 0.717) is 28.0 Å². The molecular weight excluding hydrogens is 354 g/mol. The first-order valence-corrected chi connectivity index (χ1v) is 9.73. The molecule has 0 fully saturated rings. The van der Waals surface area contributed by atoms with E-state index in [0.717, 1.165) is 16.8 Å². The van der Waals surface area contributed by atoms with Crippen LogP contribution in [0.4, 0.5) is 0 Å². The first-order valence-electron chi connectivity index (χ1n) is 7.87. The number of hydrogen-bond acceptors (Lipinski definition) is 6. The molecule has 0 spiro atoms. The molecule has 0 amide bonds. The fraction of sp³-hybridized carbons (Fsp3) is 0.167. The molecule has 0 saturated heterocycles. The number of rotatable bonds is 5. The Morgan fingerprint density at radius 1 is 1.24 bits per heavy atom. The van der Waals surface area contributed by atoms with Crippen LogP contribution in [0.5, 0.6) is 0 Å². The summed E-state index contributed by atoms with van der Waals surface area (Å²) in [5.41, 5.74) is 1.76. The summed E-state index contributed by atoms with van der Waals surface area (Å²) in [5.74, 6) is 1.88. The van der Waals surface area contributed by atoms with Crippen molar-refractivity contribution in [2.75, 3.05) is 0 Å². The van der Waals surface area contributed by atoms with Gasteiger partial charge in [0.25, 0.3) is 5.56 Å². The summed E-state index contributed by atoms with van der Waals surface area (Å²) in [4.78, 5) is 21.5. The van der Waals surface area contributed by atoms with Gasteiger partial charge in [-0.2, -0.15) is 0 Å². The van der Waals surface area contributed by atoms with Crippen molar-refractivity contribution >= 4 is 33.3 Å². The zero-order valence-corrected chi connectivity index (χ0v) is 15.1. The van der Waals surface area contributed by atoms with Crippen molar-refractivity contribution in [3.05, 3.63) is 64.2 Å². The van der Waals surface area contributed by atoms with E-state index >= 15 is 0 Å². The van der Waals surface area contributed by atoms with Gasteiger partial charge in [0.05, 0.1) is 17.5 Å². The molecule has 0 aliphatic rings. The van der Waals surface area contributed by atoms with Gasteiger partial charge in [-0.25, -0.2) is 9.97 Å². The highest BCUT2D eigenvalue weighted by molar-refractivity contribution is 7.98. The third-order valence-electron chi connectivity index (χ3n) is 3.78. The summed E-state index contributed by atoms with van der Waals surface area (Å²) in [6.45, 7) is 2.54. The Kier molecular flexibility index (Phi) is 4.42. The molecule has 0 N–H and O–H groups in total. The Balaban J connectivity index is 1.59.